The maximum Gasteiger partial charge on any atom is 0.251 e. The van der Waals surface area contributed by atoms with Gasteiger partial charge in [-0.2, -0.15) is 0 Å². The Bertz CT molecular complexity index is 907. The van der Waals surface area contributed by atoms with Crippen molar-refractivity contribution in [2.24, 2.45) is 0 Å². The van der Waals surface area contributed by atoms with Crippen molar-refractivity contribution in [1.82, 2.24) is 10.2 Å². The zero-order valence-corrected chi connectivity index (χ0v) is 17.6. The molecule has 156 valence electrons. The lowest BCUT2D eigenvalue weighted by Gasteiger charge is -2.34. The molecule has 5 nitrogen and oxygen atoms in total. The molecule has 1 unspecified atom stereocenters. The SMILES string of the molecule is O=C(NCC(c1cccs1)N1CCOCC1)c1ccc(OCc2ccccc2)cc1. The molecule has 1 amide bonds. The number of rotatable bonds is 8. The lowest BCUT2D eigenvalue weighted by Crippen LogP contribution is -2.43. The van der Waals surface area contributed by atoms with Crippen LogP contribution in [0.25, 0.3) is 0 Å². The summed E-state index contributed by atoms with van der Waals surface area (Å²) in [5.41, 5.74) is 1.75. The van der Waals surface area contributed by atoms with Gasteiger partial charge in [-0.05, 0) is 41.3 Å². The van der Waals surface area contributed by atoms with Crippen molar-refractivity contribution in [3.8, 4) is 5.75 Å². The van der Waals surface area contributed by atoms with Crippen LogP contribution in [0.2, 0.25) is 0 Å². The molecule has 30 heavy (non-hydrogen) atoms. The molecule has 0 aliphatic carbocycles. The summed E-state index contributed by atoms with van der Waals surface area (Å²) in [6, 6.07) is 21.7. The third kappa shape index (κ3) is 5.48. The van der Waals surface area contributed by atoms with E-state index in [2.05, 4.69) is 27.7 Å². The molecule has 0 radical (unpaired) electrons. The molecular formula is C24H26N2O3S. The molecule has 4 rings (SSSR count). The van der Waals surface area contributed by atoms with Crippen LogP contribution in [0.4, 0.5) is 0 Å². The number of amides is 1. The van der Waals surface area contributed by atoms with Crippen molar-refractivity contribution >= 4 is 17.2 Å². The van der Waals surface area contributed by atoms with Crippen molar-refractivity contribution in [2.45, 2.75) is 12.6 Å². The zero-order valence-electron chi connectivity index (χ0n) is 16.8. The second-order valence-corrected chi connectivity index (χ2v) is 8.17. The van der Waals surface area contributed by atoms with Gasteiger partial charge in [0.05, 0.1) is 19.3 Å². The smallest absolute Gasteiger partial charge is 0.251 e. The van der Waals surface area contributed by atoms with Gasteiger partial charge in [0.15, 0.2) is 0 Å². The highest BCUT2D eigenvalue weighted by Gasteiger charge is 2.24. The van der Waals surface area contributed by atoms with Crippen LogP contribution in [0.3, 0.4) is 0 Å². The fourth-order valence-corrected chi connectivity index (χ4v) is 4.38. The Labute approximate surface area is 181 Å². The standard InChI is InChI=1S/C24H26N2O3S/c27-24(20-8-10-21(11-9-20)29-18-19-5-2-1-3-6-19)25-17-22(23-7-4-16-30-23)26-12-14-28-15-13-26/h1-11,16,22H,12-15,17-18H2,(H,25,27). The van der Waals surface area contributed by atoms with Crippen molar-refractivity contribution in [3.63, 3.8) is 0 Å². The number of hydrogen-bond acceptors (Lipinski definition) is 5. The number of nitrogens with one attached hydrogen (secondary N) is 1. The second kappa shape index (κ2) is 10.4. The molecule has 1 N–H and O–H groups in total. The first-order valence-corrected chi connectivity index (χ1v) is 11.1. The van der Waals surface area contributed by atoms with Gasteiger partial charge in [0.25, 0.3) is 5.91 Å². The van der Waals surface area contributed by atoms with Crippen molar-refractivity contribution in [3.05, 3.63) is 88.1 Å². The highest BCUT2D eigenvalue weighted by Crippen LogP contribution is 2.25. The molecule has 2 heterocycles. The maximum atomic E-state index is 12.7. The number of thiophene rings is 1. The molecule has 0 bridgehead atoms. The molecule has 6 heteroatoms. The number of carbonyl (C=O) groups excluding carboxylic acids is 1. The van der Waals surface area contributed by atoms with E-state index in [4.69, 9.17) is 9.47 Å². The van der Waals surface area contributed by atoms with Crippen LogP contribution < -0.4 is 10.1 Å². The summed E-state index contributed by atoms with van der Waals surface area (Å²) in [7, 11) is 0. The first kappa shape index (κ1) is 20.6. The molecule has 0 spiro atoms. The third-order valence-electron chi connectivity index (χ3n) is 5.18. The Morgan fingerprint density at radius 1 is 1.03 bits per heavy atom. The highest BCUT2D eigenvalue weighted by atomic mass is 32.1. The van der Waals surface area contributed by atoms with Crippen LogP contribution >= 0.6 is 11.3 Å². The molecule has 1 atom stereocenters. The summed E-state index contributed by atoms with van der Waals surface area (Å²) in [6.07, 6.45) is 0. The summed E-state index contributed by atoms with van der Waals surface area (Å²) >= 11 is 1.73. The summed E-state index contributed by atoms with van der Waals surface area (Å²) in [6.45, 7) is 4.32. The van der Waals surface area contributed by atoms with E-state index in [0.29, 0.717) is 18.7 Å². The lowest BCUT2D eigenvalue weighted by molar-refractivity contribution is 0.0169. The van der Waals surface area contributed by atoms with E-state index in [9.17, 15) is 4.79 Å². The Morgan fingerprint density at radius 2 is 1.80 bits per heavy atom. The Kier molecular flexibility index (Phi) is 7.13. The molecule has 2 aromatic carbocycles. The Morgan fingerprint density at radius 3 is 2.50 bits per heavy atom. The van der Waals surface area contributed by atoms with Gasteiger partial charge >= 0.3 is 0 Å². The quantitative estimate of drug-likeness (QED) is 0.593. The van der Waals surface area contributed by atoms with Gasteiger partial charge in [-0.15, -0.1) is 11.3 Å². The molecule has 1 aliphatic heterocycles. The van der Waals surface area contributed by atoms with E-state index in [1.807, 2.05) is 54.6 Å². The molecular weight excluding hydrogens is 396 g/mol. The number of ether oxygens (including phenoxy) is 2. The van der Waals surface area contributed by atoms with E-state index in [1.165, 1.54) is 4.88 Å². The fourth-order valence-electron chi connectivity index (χ4n) is 3.51. The minimum atomic E-state index is -0.0700. The van der Waals surface area contributed by atoms with Crippen LogP contribution in [0.5, 0.6) is 5.75 Å². The molecule has 3 aromatic rings. The maximum absolute atomic E-state index is 12.7. The van der Waals surface area contributed by atoms with Crippen LogP contribution in [0.15, 0.2) is 72.1 Å². The molecule has 1 saturated heterocycles. The van der Waals surface area contributed by atoms with Crippen LogP contribution in [0, 0.1) is 0 Å². The van der Waals surface area contributed by atoms with E-state index in [-0.39, 0.29) is 11.9 Å². The summed E-state index contributed by atoms with van der Waals surface area (Å²) in [5, 5.41) is 5.19. The predicted octanol–water partition coefficient (Wildman–Crippen LogP) is 4.13. The first-order chi connectivity index (χ1) is 14.8. The third-order valence-corrected chi connectivity index (χ3v) is 6.15. The van der Waals surface area contributed by atoms with Crippen molar-refractivity contribution in [2.75, 3.05) is 32.8 Å². The lowest BCUT2D eigenvalue weighted by atomic mass is 10.1. The van der Waals surface area contributed by atoms with Crippen molar-refractivity contribution in [1.29, 1.82) is 0 Å². The highest BCUT2D eigenvalue weighted by molar-refractivity contribution is 7.10. The van der Waals surface area contributed by atoms with Gasteiger partial charge in [-0.3, -0.25) is 9.69 Å². The molecule has 1 aromatic heterocycles. The largest absolute Gasteiger partial charge is 0.489 e. The van der Waals surface area contributed by atoms with E-state index in [1.54, 1.807) is 11.3 Å². The number of benzene rings is 2. The predicted molar refractivity (Wildman–Crippen MR) is 119 cm³/mol. The van der Waals surface area contributed by atoms with E-state index < -0.39 is 0 Å². The zero-order chi connectivity index (χ0) is 20.6. The summed E-state index contributed by atoms with van der Waals surface area (Å²) < 4.78 is 11.3. The van der Waals surface area contributed by atoms with Crippen LogP contribution in [-0.2, 0) is 11.3 Å². The topological polar surface area (TPSA) is 50.8 Å². The van der Waals surface area contributed by atoms with E-state index in [0.717, 1.165) is 37.6 Å². The number of hydrogen-bond donors (Lipinski definition) is 1. The fraction of sp³-hybridized carbons (Fsp3) is 0.292. The normalized spacial score (nSPS) is 15.5. The van der Waals surface area contributed by atoms with E-state index >= 15 is 0 Å². The van der Waals surface area contributed by atoms with Gasteiger partial charge in [0.1, 0.15) is 12.4 Å². The van der Waals surface area contributed by atoms with Gasteiger partial charge < -0.3 is 14.8 Å². The minimum absolute atomic E-state index is 0.0700. The van der Waals surface area contributed by atoms with Crippen molar-refractivity contribution < 1.29 is 14.3 Å². The average Bonchev–Trinajstić information content (AvgIpc) is 3.34. The Balaban J connectivity index is 1.33. The second-order valence-electron chi connectivity index (χ2n) is 7.19. The Hall–Kier alpha value is -2.67. The average molecular weight is 423 g/mol. The number of morpholine rings is 1. The number of carbonyl (C=O) groups is 1. The van der Waals surface area contributed by atoms with Gasteiger partial charge in [0, 0.05) is 30.1 Å². The minimum Gasteiger partial charge on any atom is -0.489 e. The van der Waals surface area contributed by atoms with Gasteiger partial charge in [0.2, 0.25) is 0 Å². The van der Waals surface area contributed by atoms with Crippen LogP contribution in [-0.4, -0.2) is 43.7 Å². The first-order valence-electron chi connectivity index (χ1n) is 10.2. The molecule has 0 saturated carbocycles. The molecule has 1 fully saturated rings. The van der Waals surface area contributed by atoms with Crippen LogP contribution in [0.1, 0.15) is 26.8 Å². The van der Waals surface area contributed by atoms with Gasteiger partial charge in [-0.25, -0.2) is 0 Å². The number of nitrogens with zero attached hydrogens (tertiary/aromatic N) is 1. The molecule has 1 aliphatic rings. The van der Waals surface area contributed by atoms with Gasteiger partial charge in [-0.1, -0.05) is 36.4 Å². The summed E-state index contributed by atoms with van der Waals surface area (Å²) in [4.78, 5) is 16.4. The summed E-state index contributed by atoms with van der Waals surface area (Å²) in [5.74, 6) is 0.680. The monoisotopic (exact) mass is 422 g/mol.